The van der Waals surface area contributed by atoms with Crippen molar-refractivity contribution in [1.82, 2.24) is 10.2 Å². The molecule has 0 saturated carbocycles. The first-order valence-corrected chi connectivity index (χ1v) is 15.9. The van der Waals surface area contributed by atoms with Gasteiger partial charge in [0.05, 0.1) is 24.8 Å². The molecule has 3 aromatic carbocycles. The van der Waals surface area contributed by atoms with Crippen LogP contribution in [0.2, 0.25) is 5.02 Å². The minimum absolute atomic E-state index is 0.0181. The summed E-state index contributed by atoms with van der Waals surface area (Å²) in [5.41, 5.74) is 1.85. The number of hydrogen-bond acceptors (Lipinski definition) is 6. The normalized spacial score (nSPS) is 12.0. The molecule has 0 fully saturated rings. The molecule has 9 nitrogen and oxygen atoms in total. The van der Waals surface area contributed by atoms with E-state index < -0.39 is 28.5 Å². The number of aryl methyl sites for hydroxylation is 1. The van der Waals surface area contributed by atoms with Crippen molar-refractivity contribution in [3.05, 3.63) is 82.9 Å². The number of anilines is 1. The van der Waals surface area contributed by atoms with Crippen LogP contribution < -0.4 is 19.1 Å². The molecule has 1 atom stereocenters. The first kappa shape index (κ1) is 33.7. The van der Waals surface area contributed by atoms with Crippen molar-refractivity contribution >= 4 is 39.1 Å². The van der Waals surface area contributed by atoms with E-state index in [1.807, 2.05) is 27.7 Å². The average molecular weight is 630 g/mol. The summed E-state index contributed by atoms with van der Waals surface area (Å²) in [4.78, 5) is 28.9. The molecule has 0 aliphatic carbocycles. The maximum atomic E-state index is 14.2. The van der Waals surface area contributed by atoms with Crippen LogP contribution in [0.25, 0.3) is 0 Å². The number of ether oxygens (including phenoxy) is 2. The van der Waals surface area contributed by atoms with Crippen LogP contribution in [-0.4, -0.2) is 58.5 Å². The molecule has 0 heterocycles. The van der Waals surface area contributed by atoms with E-state index in [-0.39, 0.29) is 29.0 Å². The van der Waals surface area contributed by atoms with Gasteiger partial charge in [-0.2, -0.15) is 0 Å². The fourth-order valence-electron chi connectivity index (χ4n) is 4.50. The molecule has 3 rings (SSSR count). The van der Waals surface area contributed by atoms with Crippen LogP contribution in [0.3, 0.4) is 0 Å². The molecule has 1 N–H and O–H groups in total. The van der Waals surface area contributed by atoms with Gasteiger partial charge < -0.3 is 19.7 Å². The van der Waals surface area contributed by atoms with Crippen molar-refractivity contribution < 1.29 is 27.5 Å². The predicted molar refractivity (Wildman–Crippen MR) is 169 cm³/mol. The SMILES string of the molecule is CCC(C(=O)NCC(C)C)N(Cc1ccccc1Cl)C(=O)CN(c1ccc(C)cc1)S(=O)(=O)c1ccc(OC)c(OC)c1. The highest BCUT2D eigenvalue weighted by atomic mass is 35.5. The first-order valence-electron chi connectivity index (χ1n) is 14.0. The zero-order valence-corrected chi connectivity index (χ0v) is 27.0. The summed E-state index contributed by atoms with van der Waals surface area (Å²) in [6, 6.07) is 17.3. The molecule has 0 aliphatic heterocycles. The lowest BCUT2D eigenvalue weighted by Gasteiger charge is -2.33. The third kappa shape index (κ3) is 8.42. The molecular weight excluding hydrogens is 590 g/mol. The molecule has 11 heteroatoms. The minimum atomic E-state index is -4.28. The molecule has 0 saturated heterocycles. The van der Waals surface area contributed by atoms with Crippen molar-refractivity contribution in [2.45, 2.75) is 51.6 Å². The van der Waals surface area contributed by atoms with Gasteiger partial charge in [-0.15, -0.1) is 0 Å². The number of sulfonamides is 1. The van der Waals surface area contributed by atoms with Crippen molar-refractivity contribution in [2.75, 3.05) is 31.6 Å². The number of methoxy groups -OCH3 is 2. The number of benzene rings is 3. The molecule has 1 unspecified atom stereocenters. The topological polar surface area (TPSA) is 105 Å². The van der Waals surface area contributed by atoms with Gasteiger partial charge in [-0.1, -0.05) is 68.3 Å². The van der Waals surface area contributed by atoms with E-state index in [1.54, 1.807) is 48.5 Å². The van der Waals surface area contributed by atoms with Gasteiger partial charge in [-0.05, 0) is 55.2 Å². The van der Waals surface area contributed by atoms with E-state index in [4.69, 9.17) is 21.1 Å². The Kier molecular flexibility index (Phi) is 11.9. The number of amides is 2. The Labute approximate surface area is 259 Å². The maximum absolute atomic E-state index is 14.2. The van der Waals surface area contributed by atoms with E-state index in [2.05, 4.69) is 5.32 Å². The van der Waals surface area contributed by atoms with Crippen molar-refractivity contribution in [2.24, 2.45) is 5.92 Å². The minimum Gasteiger partial charge on any atom is -0.493 e. The lowest BCUT2D eigenvalue weighted by atomic mass is 10.1. The summed E-state index contributed by atoms with van der Waals surface area (Å²) < 4.78 is 40.0. The third-order valence-corrected chi connectivity index (χ3v) is 9.05. The number of nitrogens with one attached hydrogen (secondary N) is 1. The van der Waals surface area contributed by atoms with Crippen LogP contribution >= 0.6 is 11.6 Å². The third-order valence-electron chi connectivity index (χ3n) is 6.91. The lowest BCUT2D eigenvalue weighted by molar-refractivity contribution is -0.140. The van der Waals surface area contributed by atoms with E-state index in [0.29, 0.717) is 35.0 Å². The first-order chi connectivity index (χ1) is 20.4. The zero-order chi connectivity index (χ0) is 31.7. The van der Waals surface area contributed by atoms with Gasteiger partial charge in [0.1, 0.15) is 12.6 Å². The summed E-state index contributed by atoms with van der Waals surface area (Å²) in [6.07, 6.45) is 0.313. The molecule has 0 spiro atoms. The van der Waals surface area contributed by atoms with Gasteiger partial charge in [-0.25, -0.2) is 8.42 Å². The summed E-state index contributed by atoms with van der Waals surface area (Å²) in [6.45, 7) is 7.55. The number of hydrogen-bond donors (Lipinski definition) is 1. The van der Waals surface area contributed by atoms with Crippen molar-refractivity contribution in [3.8, 4) is 11.5 Å². The molecule has 0 radical (unpaired) electrons. The van der Waals surface area contributed by atoms with Crippen molar-refractivity contribution in [1.29, 1.82) is 0 Å². The Hall–Kier alpha value is -3.76. The summed E-state index contributed by atoms with van der Waals surface area (Å²) in [5, 5.41) is 3.35. The highest BCUT2D eigenvalue weighted by Crippen LogP contribution is 2.32. The van der Waals surface area contributed by atoms with Crippen LogP contribution in [0.4, 0.5) is 5.69 Å². The van der Waals surface area contributed by atoms with Crippen LogP contribution in [-0.2, 0) is 26.2 Å². The van der Waals surface area contributed by atoms with Gasteiger partial charge >= 0.3 is 0 Å². The van der Waals surface area contributed by atoms with Gasteiger partial charge in [0, 0.05) is 24.2 Å². The Bertz CT molecular complexity index is 1510. The summed E-state index contributed by atoms with van der Waals surface area (Å²) in [5.74, 6) is -0.0781. The molecule has 0 aromatic heterocycles. The second kappa shape index (κ2) is 15.1. The largest absolute Gasteiger partial charge is 0.493 e. The van der Waals surface area contributed by atoms with E-state index in [1.165, 1.54) is 37.3 Å². The second-order valence-corrected chi connectivity index (χ2v) is 12.8. The van der Waals surface area contributed by atoms with Gasteiger partial charge in [0.15, 0.2) is 11.5 Å². The molecule has 2 amide bonds. The van der Waals surface area contributed by atoms with Crippen LogP contribution in [0.5, 0.6) is 11.5 Å². The number of rotatable bonds is 14. The van der Waals surface area contributed by atoms with Crippen LogP contribution in [0, 0.1) is 12.8 Å². The molecule has 0 bridgehead atoms. The molecule has 0 aliphatic rings. The Balaban J connectivity index is 2.09. The monoisotopic (exact) mass is 629 g/mol. The molecule has 3 aromatic rings. The Morgan fingerprint density at radius 2 is 1.60 bits per heavy atom. The fraction of sp³-hybridized carbons (Fsp3) is 0.375. The number of nitrogens with zero attached hydrogens (tertiary/aromatic N) is 2. The number of halogens is 1. The lowest BCUT2D eigenvalue weighted by Crippen LogP contribution is -2.52. The number of carbonyl (C=O) groups is 2. The zero-order valence-electron chi connectivity index (χ0n) is 25.5. The van der Waals surface area contributed by atoms with Crippen LogP contribution in [0.1, 0.15) is 38.3 Å². The molecular formula is C32H40ClN3O6S. The molecule has 232 valence electrons. The Morgan fingerprint density at radius 3 is 2.19 bits per heavy atom. The predicted octanol–water partition coefficient (Wildman–Crippen LogP) is 5.44. The fourth-order valence-corrected chi connectivity index (χ4v) is 6.12. The average Bonchev–Trinajstić information content (AvgIpc) is 2.99. The standard InChI is InChI=1S/C32H40ClN3O6S/c1-7-28(32(38)34-19-22(2)3)35(20-24-10-8-9-11-27(24)33)31(37)21-36(25-14-12-23(4)13-15-25)43(39,40)26-16-17-29(41-5)30(18-26)42-6/h8-18,22,28H,7,19-21H2,1-6H3,(H,34,38). The van der Waals surface area contributed by atoms with Crippen LogP contribution in [0.15, 0.2) is 71.6 Å². The van der Waals surface area contributed by atoms with E-state index >= 15 is 0 Å². The van der Waals surface area contributed by atoms with Gasteiger partial charge in [0.25, 0.3) is 10.0 Å². The Morgan fingerprint density at radius 1 is 0.953 bits per heavy atom. The summed E-state index contributed by atoms with van der Waals surface area (Å²) in [7, 11) is -1.41. The maximum Gasteiger partial charge on any atom is 0.264 e. The van der Waals surface area contributed by atoms with E-state index in [9.17, 15) is 18.0 Å². The van der Waals surface area contributed by atoms with Gasteiger partial charge in [-0.3, -0.25) is 13.9 Å². The van der Waals surface area contributed by atoms with E-state index in [0.717, 1.165) is 9.87 Å². The quantitative estimate of drug-likeness (QED) is 0.255. The van der Waals surface area contributed by atoms with Crippen molar-refractivity contribution in [3.63, 3.8) is 0 Å². The van der Waals surface area contributed by atoms with Gasteiger partial charge in [0.2, 0.25) is 11.8 Å². The summed E-state index contributed by atoms with van der Waals surface area (Å²) >= 11 is 6.46. The molecule has 43 heavy (non-hydrogen) atoms. The number of carbonyl (C=O) groups excluding carboxylic acids is 2. The smallest absolute Gasteiger partial charge is 0.264 e. The second-order valence-electron chi connectivity index (χ2n) is 10.5. The highest BCUT2D eigenvalue weighted by molar-refractivity contribution is 7.92. The highest BCUT2D eigenvalue weighted by Gasteiger charge is 2.34.